The number of anilines is 1. The third-order valence-corrected chi connectivity index (χ3v) is 4.47. The fraction of sp³-hybridized carbons (Fsp3) is 0.300. The van der Waals surface area contributed by atoms with Gasteiger partial charge in [0, 0.05) is 13.1 Å². The van der Waals surface area contributed by atoms with Crippen LogP contribution in [0.5, 0.6) is 5.75 Å². The molecule has 0 bridgehead atoms. The highest BCUT2D eigenvalue weighted by molar-refractivity contribution is 5.95. The van der Waals surface area contributed by atoms with E-state index in [2.05, 4.69) is 10.6 Å². The van der Waals surface area contributed by atoms with Crippen LogP contribution in [-0.4, -0.2) is 36.5 Å². The van der Waals surface area contributed by atoms with E-state index in [0.29, 0.717) is 30.9 Å². The smallest absolute Gasteiger partial charge is 0.322 e. The summed E-state index contributed by atoms with van der Waals surface area (Å²) in [6.45, 7) is 1.02. The summed E-state index contributed by atoms with van der Waals surface area (Å²) in [5, 5.41) is 5.77. The van der Waals surface area contributed by atoms with Gasteiger partial charge in [-0.25, -0.2) is 4.79 Å². The van der Waals surface area contributed by atoms with Crippen molar-refractivity contribution in [1.82, 2.24) is 10.2 Å². The molecular formula is C20H23N3O3. The van der Waals surface area contributed by atoms with Crippen LogP contribution in [0.1, 0.15) is 18.4 Å². The van der Waals surface area contributed by atoms with Gasteiger partial charge < -0.3 is 20.3 Å². The summed E-state index contributed by atoms with van der Waals surface area (Å²) in [6.07, 6.45) is 1.47. The standard InChI is InChI=1S/C20H23N3O3/c1-26-18-12-6-5-10-16(18)22-20(25)23-13-7-11-17(23)19(24)21-14-15-8-3-2-4-9-15/h2-6,8-10,12,17H,7,11,13-14H2,1H3,(H,21,24)(H,22,25)/t17-/m1/s1. The average Bonchev–Trinajstić information content (AvgIpc) is 3.17. The lowest BCUT2D eigenvalue weighted by Crippen LogP contribution is -2.47. The van der Waals surface area contributed by atoms with Gasteiger partial charge in [0.1, 0.15) is 11.8 Å². The Labute approximate surface area is 153 Å². The molecule has 1 aliphatic rings. The monoisotopic (exact) mass is 353 g/mol. The number of urea groups is 1. The van der Waals surface area contributed by atoms with Gasteiger partial charge in [-0.2, -0.15) is 0 Å². The van der Waals surface area contributed by atoms with E-state index in [1.165, 1.54) is 0 Å². The lowest BCUT2D eigenvalue weighted by Gasteiger charge is -2.24. The van der Waals surface area contributed by atoms with Crippen LogP contribution in [-0.2, 0) is 11.3 Å². The molecule has 6 heteroatoms. The number of likely N-dealkylation sites (tertiary alicyclic amines) is 1. The van der Waals surface area contributed by atoms with Crippen molar-refractivity contribution in [3.8, 4) is 5.75 Å². The minimum atomic E-state index is -0.451. The van der Waals surface area contributed by atoms with Crippen LogP contribution in [0.25, 0.3) is 0 Å². The van der Waals surface area contributed by atoms with Gasteiger partial charge in [-0.3, -0.25) is 4.79 Å². The number of methoxy groups -OCH3 is 1. The molecule has 6 nitrogen and oxygen atoms in total. The lowest BCUT2D eigenvalue weighted by molar-refractivity contribution is -0.124. The van der Waals surface area contributed by atoms with Crippen molar-refractivity contribution in [3.63, 3.8) is 0 Å². The predicted octanol–water partition coefficient (Wildman–Crippen LogP) is 3.01. The number of nitrogens with one attached hydrogen (secondary N) is 2. The van der Waals surface area contributed by atoms with Crippen molar-refractivity contribution in [2.75, 3.05) is 19.0 Å². The van der Waals surface area contributed by atoms with Crippen molar-refractivity contribution in [2.45, 2.75) is 25.4 Å². The first-order chi connectivity index (χ1) is 12.7. The molecule has 1 saturated heterocycles. The number of benzene rings is 2. The van der Waals surface area contributed by atoms with Gasteiger partial charge >= 0.3 is 6.03 Å². The minimum Gasteiger partial charge on any atom is -0.495 e. The van der Waals surface area contributed by atoms with Gasteiger partial charge in [-0.05, 0) is 30.5 Å². The molecule has 136 valence electrons. The Bertz CT molecular complexity index is 764. The van der Waals surface area contributed by atoms with E-state index < -0.39 is 6.04 Å². The second kappa shape index (κ2) is 8.38. The topological polar surface area (TPSA) is 70.7 Å². The first-order valence-electron chi connectivity index (χ1n) is 8.71. The second-order valence-corrected chi connectivity index (χ2v) is 6.19. The molecule has 1 atom stereocenters. The molecule has 0 aliphatic carbocycles. The highest BCUT2D eigenvalue weighted by atomic mass is 16.5. The van der Waals surface area contributed by atoms with Crippen LogP contribution in [0.2, 0.25) is 0 Å². The maximum absolute atomic E-state index is 12.7. The van der Waals surface area contributed by atoms with E-state index >= 15 is 0 Å². The summed E-state index contributed by atoms with van der Waals surface area (Å²) in [6, 6.07) is 16.2. The summed E-state index contributed by atoms with van der Waals surface area (Å²) >= 11 is 0. The molecule has 2 N–H and O–H groups in total. The van der Waals surface area contributed by atoms with Crippen LogP contribution in [0, 0.1) is 0 Å². The zero-order chi connectivity index (χ0) is 18.4. The fourth-order valence-corrected chi connectivity index (χ4v) is 3.12. The third kappa shape index (κ3) is 4.14. The molecule has 0 unspecified atom stereocenters. The van der Waals surface area contributed by atoms with E-state index in [0.717, 1.165) is 12.0 Å². The Morgan fingerprint density at radius 1 is 1.12 bits per heavy atom. The lowest BCUT2D eigenvalue weighted by atomic mass is 10.2. The van der Waals surface area contributed by atoms with Gasteiger partial charge in [0.25, 0.3) is 0 Å². The van der Waals surface area contributed by atoms with Crippen LogP contribution in [0.4, 0.5) is 10.5 Å². The van der Waals surface area contributed by atoms with Crippen molar-refractivity contribution in [1.29, 1.82) is 0 Å². The predicted molar refractivity (Wildman–Crippen MR) is 100 cm³/mol. The second-order valence-electron chi connectivity index (χ2n) is 6.19. The average molecular weight is 353 g/mol. The van der Waals surface area contributed by atoms with Crippen LogP contribution in [0.15, 0.2) is 54.6 Å². The molecule has 2 aromatic rings. The third-order valence-electron chi connectivity index (χ3n) is 4.47. The van der Waals surface area contributed by atoms with E-state index in [-0.39, 0.29) is 11.9 Å². The maximum atomic E-state index is 12.7. The van der Waals surface area contributed by atoms with E-state index in [4.69, 9.17) is 4.74 Å². The molecule has 3 rings (SSSR count). The molecule has 1 aliphatic heterocycles. The normalized spacial score (nSPS) is 16.2. The highest BCUT2D eigenvalue weighted by Crippen LogP contribution is 2.25. The summed E-state index contributed by atoms with van der Waals surface area (Å²) in [5.74, 6) is 0.464. The van der Waals surface area contributed by atoms with Crippen molar-refractivity contribution in [2.24, 2.45) is 0 Å². The molecule has 1 fully saturated rings. The van der Waals surface area contributed by atoms with Crippen LogP contribution in [0.3, 0.4) is 0 Å². The number of carbonyl (C=O) groups excluding carboxylic acids is 2. The molecule has 0 saturated carbocycles. The van der Waals surface area contributed by atoms with Crippen molar-refractivity contribution < 1.29 is 14.3 Å². The maximum Gasteiger partial charge on any atom is 0.322 e. The molecule has 1 heterocycles. The number of ether oxygens (including phenoxy) is 1. The van der Waals surface area contributed by atoms with Gasteiger partial charge in [0.15, 0.2) is 0 Å². The van der Waals surface area contributed by atoms with E-state index in [1.807, 2.05) is 42.5 Å². The zero-order valence-electron chi connectivity index (χ0n) is 14.8. The number of carbonyl (C=O) groups is 2. The molecule has 3 amide bonds. The fourth-order valence-electron chi connectivity index (χ4n) is 3.12. The van der Waals surface area contributed by atoms with Crippen LogP contribution < -0.4 is 15.4 Å². The highest BCUT2D eigenvalue weighted by Gasteiger charge is 2.34. The van der Waals surface area contributed by atoms with Crippen molar-refractivity contribution in [3.05, 3.63) is 60.2 Å². The summed E-state index contributed by atoms with van der Waals surface area (Å²) in [4.78, 5) is 26.8. The Kier molecular flexibility index (Phi) is 5.73. The summed E-state index contributed by atoms with van der Waals surface area (Å²) in [7, 11) is 1.56. The summed E-state index contributed by atoms with van der Waals surface area (Å²) < 4.78 is 5.26. The Hall–Kier alpha value is -3.02. The Morgan fingerprint density at radius 3 is 2.62 bits per heavy atom. The zero-order valence-corrected chi connectivity index (χ0v) is 14.8. The van der Waals surface area contributed by atoms with Crippen LogP contribution >= 0.6 is 0 Å². The number of hydrogen-bond acceptors (Lipinski definition) is 3. The molecule has 0 radical (unpaired) electrons. The molecule has 0 spiro atoms. The first kappa shape index (κ1) is 17.8. The quantitative estimate of drug-likeness (QED) is 0.868. The van der Waals surface area contributed by atoms with E-state index in [1.54, 1.807) is 24.1 Å². The van der Waals surface area contributed by atoms with Gasteiger partial charge in [0.2, 0.25) is 5.91 Å². The molecule has 26 heavy (non-hydrogen) atoms. The minimum absolute atomic E-state index is 0.124. The van der Waals surface area contributed by atoms with E-state index in [9.17, 15) is 9.59 Å². The van der Waals surface area contributed by atoms with Gasteiger partial charge in [0.05, 0.1) is 12.8 Å². The number of amides is 3. The Morgan fingerprint density at radius 2 is 1.85 bits per heavy atom. The number of hydrogen-bond donors (Lipinski definition) is 2. The number of rotatable bonds is 5. The molecule has 0 aromatic heterocycles. The molecular weight excluding hydrogens is 330 g/mol. The molecule has 2 aromatic carbocycles. The van der Waals surface area contributed by atoms with Crippen molar-refractivity contribution >= 4 is 17.6 Å². The van der Waals surface area contributed by atoms with Gasteiger partial charge in [-0.1, -0.05) is 42.5 Å². The number of nitrogens with zero attached hydrogens (tertiary/aromatic N) is 1. The summed E-state index contributed by atoms with van der Waals surface area (Å²) in [5.41, 5.74) is 1.62. The first-order valence-corrected chi connectivity index (χ1v) is 8.71. The van der Waals surface area contributed by atoms with Gasteiger partial charge in [-0.15, -0.1) is 0 Å². The SMILES string of the molecule is COc1ccccc1NC(=O)N1CCC[C@@H]1C(=O)NCc1ccccc1. The Balaban J connectivity index is 1.61. The number of para-hydroxylation sites is 2. The largest absolute Gasteiger partial charge is 0.495 e.